The number of hydrogen-bond donors (Lipinski definition) is 0. The molecular weight excluding hydrogens is 508 g/mol. The van der Waals surface area contributed by atoms with Crippen molar-refractivity contribution in [3.8, 4) is 0 Å². The van der Waals surface area contributed by atoms with Gasteiger partial charge in [-0.2, -0.15) is 8.42 Å². The quantitative estimate of drug-likeness (QED) is 0.0948. The molecule has 0 heterocycles. The van der Waals surface area contributed by atoms with Crippen LogP contribution >= 0.6 is 0 Å². The van der Waals surface area contributed by atoms with Crippen LogP contribution in [0, 0.1) is 6.92 Å². The Morgan fingerprint density at radius 3 is 1.77 bits per heavy atom. The summed E-state index contributed by atoms with van der Waals surface area (Å²) in [5, 5.41) is 0. The molecular formula is C33H52O5S. The van der Waals surface area contributed by atoms with Crippen molar-refractivity contribution < 1.29 is 22.1 Å². The number of benzene rings is 2. The maximum Gasteiger partial charge on any atom is 0.297 e. The Kier molecular flexibility index (Phi) is 18.1. The first-order valence-corrected chi connectivity index (χ1v) is 16.6. The highest BCUT2D eigenvalue weighted by atomic mass is 32.2. The Hall–Kier alpha value is -1.73. The van der Waals surface area contributed by atoms with Gasteiger partial charge < -0.3 is 9.47 Å². The van der Waals surface area contributed by atoms with E-state index < -0.39 is 16.2 Å². The fourth-order valence-electron chi connectivity index (χ4n) is 4.48. The molecule has 2 rings (SSSR count). The average molecular weight is 561 g/mol. The Bertz CT molecular complexity index is 944. The van der Waals surface area contributed by atoms with Gasteiger partial charge in [-0.1, -0.05) is 138 Å². The van der Waals surface area contributed by atoms with Gasteiger partial charge in [0.2, 0.25) is 0 Å². The summed E-state index contributed by atoms with van der Waals surface area (Å²) >= 11 is 0. The third-order valence-corrected chi connectivity index (χ3v) is 8.29. The van der Waals surface area contributed by atoms with Crippen LogP contribution in [0.1, 0.15) is 108 Å². The molecule has 0 aliphatic rings. The highest BCUT2D eigenvalue weighted by molar-refractivity contribution is 7.86. The number of rotatable bonds is 24. The molecule has 0 unspecified atom stereocenters. The van der Waals surface area contributed by atoms with E-state index in [-0.39, 0.29) is 11.5 Å². The molecule has 0 aromatic heterocycles. The third kappa shape index (κ3) is 16.2. The van der Waals surface area contributed by atoms with Crippen LogP contribution in [0.15, 0.2) is 59.5 Å². The molecule has 220 valence electrons. The third-order valence-electron chi connectivity index (χ3n) is 6.99. The number of ether oxygens (including phenoxy) is 2. The number of unbranched alkanes of at least 4 members (excludes halogenated alkanes) is 13. The van der Waals surface area contributed by atoms with Crippen molar-refractivity contribution in [2.24, 2.45) is 0 Å². The van der Waals surface area contributed by atoms with Crippen LogP contribution in [-0.4, -0.2) is 34.3 Å². The molecule has 0 saturated heterocycles. The molecule has 0 amide bonds. The van der Waals surface area contributed by atoms with Crippen LogP contribution in [-0.2, 0) is 30.4 Å². The van der Waals surface area contributed by atoms with E-state index in [2.05, 4.69) is 6.92 Å². The molecule has 2 aromatic rings. The fraction of sp³-hybridized carbons (Fsp3) is 0.636. The second kappa shape index (κ2) is 21.1. The van der Waals surface area contributed by atoms with E-state index in [0.717, 1.165) is 24.0 Å². The molecule has 39 heavy (non-hydrogen) atoms. The summed E-state index contributed by atoms with van der Waals surface area (Å²) in [6, 6.07) is 16.5. The largest absolute Gasteiger partial charge is 0.379 e. The van der Waals surface area contributed by atoms with Gasteiger partial charge in [0.15, 0.2) is 0 Å². The van der Waals surface area contributed by atoms with E-state index in [0.29, 0.717) is 19.8 Å². The van der Waals surface area contributed by atoms with Gasteiger partial charge in [0.1, 0.15) is 6.10 Å². The molecule has 0 saturated carbocycles. The number of hydrogen-bond acceptors (Lipinski definition) is 5. The van der Waals surface area contributed by atoms with Crippen molar-refractivity contribution in [1.29, 1.82) is 0 Å². The van der Waals surface area contributed by atoms with Crippen LogP contribution in [0.5, 0.6) is 0 Å². The molecule has 5 nitrogen and oxygen atoms in total. The first-order valence-electron chi connectivity index (χ1n) is 15.2. The Labute approximate surface area is 238 Å². The zero-order valence-corrected chi connectivity index (χ0v) is 25.3. The topological polar surface area (TPSA) is 61.8 Å². The zero-order valence-electron chi connectivity index (χ0n) is 24.5. The molecule has 0 spiro atoms. The standard InChI is InChI=1S/C33H52O5S/c1-3-4-5-6-7-8-9-10-11-12-13-14-15-19-26-36-28-32(37-27-31-20-17-16-18-21-31)29-38-39(34,35)33-24-22-30(2)23-25-33/h16-18,20-25,32H,3-15,19,26-29H2,1-2H3/t32-/m1/s1. The lowest BCUT2D eigenvalue weighted by Gasteiger charge is -2.18. The maximum atomic E-state index is 12.6. The minimum absolute atomic E-state index is 0.0816. The summed E-state index contributed by atoms with van der Waals surface area (Å²) in [6.45, 7) is 5.43. The van der Waals surface area contributed by atoms with E-state index in [1.165, 1.54) is 77.0 Å². The monoisotopic (exact) mass is 560 g/mol. The van der Waals surface area contributed by atoms with E-state index in [1.807, 2.05) is 37.3 Å². The van der Waals surface area contributed by atoms with Gasteiger partial charge in [0, 0.05) is 6.61 Å². The van der Waals surface area contributed by atoms with Crippen LogP contribution in [0.4, 0.5) is 0 Å². The van der Waals surface area contributed by atoms with Gasteiger partial charge in [0.25, 0.3) is 10.1 Å². The summed E-state index contributed by atoms with van der Waals surface area (Å²) in [4.78, 5) is 0.151. The Morgan fingerprint density at radius 2 is 1.21 bits per heavy atom. The molecule has 2 aromatic carbocycles. The summed E-state index contributed by atoms with van der Waals surface area (Å²) < 4.78 is 42.5. The van der Waals surface area contributed by atoms with E-state index >= 15 is 0 Å². The predicted octanol–water partition coefficient (Wildman–Crippen LogP) is 8.78. The lowest BCUT2D eigenvalue weighted by atomic mass is 10.0. The average Bonchev–Trinajstić information content (AvgIpc) is 2.94. The molecule has 0 aliphatic heterocycles. The Balaban J connectivity index is 1.59. The van der Waals surface area contributed by atoms with Gasteiger partial charge in [-0.3, -0.25) is 4.18 Å². The molecule has 1 atom stereocenters. The second-order valence-electron chi connectivity index (χ2n) is 10.6. The van der Waals surface area contributed by atoms with Gasteiger partial charge in [-0.05, 0) is 31.0 Å². The van der Waals surface area contributed by atoms with Crippen LogP contribution in [0.2, 0.25) is 0 Å². The van der Waals surface area contributed by atoms with Gasteiger partial charge in [-0.15, -0.1) is 0 Å². The molecule has 0 fully saturated rings. The van der Waals surface area contributed by atoms with Crippen LogP contribution < -0.4 is 0 Å². The maximum absolute atomic E-state index is 12.6. The minimum atomic E-state index is -3.85. The lowest BCUT2D eigenvalue weighted by molar-refractivity contribution is -0.0444. The summed E-state index contributed by atoms with van der Waals surface area (Å²) in [6.07, 6.45) is 18.0. The second-order valence-corrected chi connectivity index (χ2v) is 12.3. The molecule has 6 heteroatoms. The molecule has 0 bridgehead atoms. The van der Waals surface area contributed by atoms with Crippen LogP contribution in [0.3, 0.4) is 0 Å². The van der Waals surface area contributed by atoms with E-state index in [9.17, 15) is 8.42 Å². The molecule has 0 radical (unpaired) electrons. The van der Waals surface area contributed by atoms with Crippen molar-refractivity contribution in [2.75, 3.05) is 19.8 Å². The first kappa shape index (κ1) is 33.5. The number of aryl methyl sites for hydroxylation is 1. The van der Waals surface area contributed by atoms with E-state index in [4.69, 9.17) is 13.7 Å². The summed E-state index contributed by atoms with van der Waals surface area (Å²) in [5.41, 5.74) is 2.02. The zero-order chi connectivity index (χ0) is 28.0. The lowest BCUT2D eigenvalue weighted by Crippen LogP contribution is -2.27. The van der Waals surface area contributed by atoms with Crippen molar-refractivity contribution in [3.63, 3.8) is 0 Å². The molecule has 0 aliphatic carbocycles. The minimum Gasteiger partial charge on any atom is -0.379 e. The van der Waals surface area contributed by atoms with Crippen LogP contribution in [0.25, 0.3) is 0 Å². The van der Waals surface area contributed by atoms with Gasteiger partial charge >= 0.3 is 0 Å². The normalized spacial score (nSPS) is 12.6. The summed E-state index contributed by atoms with van der Waals surface area (Å²) in [7, 11) is -3.85. The fourth-order valence-corrected chi connectivity index (χ4v) is 5.42. The van der Waals surface area contributed by atoms with Crippen molar-refractivity contribution in [1.82, 2.24) is 0 Å². The highest BCUT2D eigenvalue weighted by Gasteiger charge is 2.19. The van der Waals surface area contributed by atoms with Crippen molar-refractivity contribution in [2.45, 2.75) is 121 Å². The summed E-state index contributed by atoms with van der Waals surface area (Å²) in [5.74, 6) is 0. The van der Waals surface area contributed by atoms with Gasteiger partial charge in [0.05, 0.1) is 24.7 Å². The van der Waals surface area contributed by atoms with Gasteiger partial charge in [-0.25, -0.2) is 0 Å². The van der Waals surface area contributed by atoms with E-state index in [1.54, 1.807) is 24.3 Å². The smallest absolute Gasteiger partial charge is 0.297 e. The molecule has 0 N–H and O–H groups in total. The Morgan fingerprint density at radius 1 is 0.667 bits per heavy atom. The first-order chi connectivity index (χ1) is 19.0. The SMILES string of the molecule is CCCCCCCCCCCCCCCCOC[C@H](COS(=O)(=O)c1ccc(C)cc1)OCc1ccccc1. The highest BCUT2D eigenvalue weighted by Crippen LogP contribution is 2.16. The van der Waals surface area contributed by atoms with Crippen molar-refractivity contribution >= 4 is 10.1 Å². The van der Waals surface area contributed by atoms with Crippen molar-refractivity contribution in [3.05, 3.63) is 65.7 Å². The predicted molar refractivity (Wildman–Crippen MR) is 160 cm³/mol.